The molecular weight excluding hydrogens is 436 g/mol. The Balaban J connectivity index is 1.62. The van der Waals surface area contributed by atoms with Crippen molar-refractivity contribution in [1.82, 2.24) is 0 Å². The highest BCUT2D eigenvalue weighted by Gasteiger charge is 2.38. The van der Waals surface area contributed by atoms with Crippen LogP contribution in [0.5, 0.6) is 5.75 Å². The number of phenols is 1. The Hall–Kier alpha value is -2.28. The van der Waals surface area contributed by atoms with Gasteiger partial charge in [0.25, 0.3) is 0 Å². The molecule has 1 N–H and O–H groups in total. The number of hydrogen-bond acceptors (Lipinski definition) is 1. The van der Waals surface area contributed by atoms with E-state index in [0.29, 0.717) is 11.7 Å². The van der Waals surface area contributed by atoms with Gasteiger partial charge in [-0.2, -0.15) is 0 Å². The molecule has 0 fully saturated rings. The standard InChI is InChI=1S/C35H46O/c1-25-23-31(34(36)32(24-25)35(2,3)26-17-11-10-12-18-26)33-29-21-14-9-7-5-4-6-8-13-19-27(29)28-20-15-16-22-30(28)33/h10-12,17-18,23-24,33,36H,4-9,13-16,19-22H2,1-3H3. The maximum Gasteiger partial charge on any atom is 0.123 e. The third-order valence-electron chi connectivity index (χ3n) is 9.35. The fraction of sp³-hybridized carbons (Fsp3) is 0.543. The van der Waals surface area contributed by atoms with Crippen molar-refractivity contribution >= 4 is 0 Å². The summed E-state index contributed by atoms with van der Waals surface area (Å²) in [5, 5.41) is 12.0. The largest absolute Gasteiger partial charge is 0.507 e. The van der Waals surface area contributed by atoms with Crippen LogP contribution in [-0.4, -0.2) is 5.11 Å². The molecule has 1 nitrogen and oxygen atoms in total. The normalized spacial score (nSPS) is 22.0. The van der Waals surface area contributed by atoms with Crippen molar-refractivity contribution in [2.24, 2.45) is 0 Å². The van der Waals surface area contributed by atoms with Crippen molar-refractivity contribution < 1.29 is 5.11 Å². The molecule has 5 rings (SSSR count). The van der Waals surface area contributed by atoms with Crippen LogP contribution in [0.15, 0.2) is 64.8 Å². The first kappa shape index (κ1) is 25.4. The molecular formula is C35H46O. The molecule has 3 aliphatic rings. The molecule has 1 heteroatoms. The minimum atomic E-state index is -0.252. The van der Waals surface area contributed by atoms with Crippen LogP contribution in [0.2, 0.25) is 0 Å². The van der Waals surface area contributed by atoms with Crippen LogP contribution in [0.25, 0.3) is 0 Å². The zero-order chi connectivity index (χ0) is 25.1. The predicted octanol–water partition coefficient (Wildman–Crippen LogP) is 10.2. The summed E-state index contributed by atoms with van der Waals surface area (Å²) in [4.78, 5) is 0. The molecule has 0 saturated carbocycles. The minimum Gasteiger partial charge on any atom is -0.507 e. The first-order valence-electron chi connectivity index (χ1n) is 14.8. The summed E-state index contributed by atoms with van der Waals surface area (Å²) < 4.78 is 0. The van der Waals surface area contributed by atoms with Gasteiger partial charge in [0.1, 0.15) is 5.75 Å². The number of benzene rings is 2. The van der Waals surface area contributed by atoms with Crippen LogP contribution >= 0.6 is 0 Å². The minimum absolute atomic E-state index is 0.252. The fourth-order valence-electron chi connectivity index (χ4n) is 7.34. The van der Waals surface area contributed by atoms with Gasteiger partial charge >= 0.3 is 0 Å². The average molecular weight is 483 g/mol. The van der Waals surface area contributed by atoms with Gasteiger partial charge in [-0.3, -0.25) is 0 Å². The average Bonchev–Trinajstić information content (AvgIpc) is 3.18. The summed E-state index contributed by atoms with van der Waals surface area (Å²) in [5.41, 5.74) is 11.3. The van der Waals surface area contributed by atoms with E-state index in [0.717, 1.165) is 5.56 Å². The molecule has 0 radical (unpaired) electrons. The first-order valence-corrected chi connectivity index (χ1v) is 14.8. The summed E-state index contributed by atoms with van der Waals surface area (Å²) in [6.45, 7) is 6.75. The highest BCUT2D eigenvalue weighted by molar-refractivity contribution is 5.62. The van der Waals surface area contributed by atoms with Crippen molar-refractivity contribution in [3.8, 4) is 5.75 Å². The summed E-state index contributed by atoms with van der Waals surface area (Å²) in [7, 11) is 0. The van der Waals surface area contributed by atoms with Crippen molar-refractivity contribution in [3.05, 3.63) is 87.0 Å². The van der Waals surface area contributed by atoms with E-state index in [-0.39, 0.29) is 5.41 Å². The highest BCUT2D eigenvalue weighted by atomic mass is 16.3. The lowest BCUT2D eigenvalue weighted by Gasteiger charge is -2.31. The van der Waals surface area contributed by atoms with Crippen molar-refractivity contribution in [3.63, 3.8) is 0 Å². The Morgan fingerprint density at radius 3 is 1.78 bits per heavy atom. The molecule has 0 aliphatic heterocycles. The van der Waals surface area contributed by atoms with E-state index >= 15 is 0 Å². The molecule has 0 amide bonds. The van der Waals surface area contributed by atoms with E-state index < -0.39 is 0 Å². The van der Waals surface area contributed by atoms with Gasteiger partial charge in [-0.05, 0) is 75.0 Å². The smallest absolute Gasteiger partial charge is 0.123 e. The molecule has 1 atom stereocenters. The molecule has 3 aliphatic carbocycles. The maximum absolute atomic E-state index is 12.0. The molecule has 1 unspecified atom stereocenters. The Morgan fingerprint density at radius 2 is 1.17 bits per heavy atom. The van der Waals surface area contributed by atoms with Gasteiger partial charge in [0, 0.05) is 22.5 Å². The lowest BCUT2D eigenvalue weighted by atomic mass is 9.74. The Bertz CT molecular complexity index is 1130. The van der Waals surface area contributed by atoms with Crippen molar-refractivity contribution in [1.29, 1.82) is 0 Å². The van der Waals surface area contributed by atoms with Gasteiger partial charge in [-0.1, -0.05) is 112 Å². The Morgan fingerprint density at radius 1 is 0.667 bits per heavy atom. The maximum atomic E-state index is 12.0. The molecule has 0 aromatic heterocycles. The van der Waals surface area contributed by atoms with Gasteiger partial charge in [0.05, 0.1) is 0 Å². The molecule has 192 valence electrons. The molecule has 0 heterocycles. The summed E-state index contributed by atoms with van der Waals surface area (Å²) in [5.74, 6) is 0.834. The number of aromatic hydroxyl groups is 1. The van der Waals surface area contributed by atoms with Crippen LogP contribution in [0.4, 0.5) is 0 Å². The highest BCUT2D eigenvalue weighted by Crippen LogP contribution is 2.55. The van der Waals surface area contributed by atoms with E-state index in [4.69, 9.17) is 0 Å². The third kappa shape index (κ3) is 4.96. The first-order chi connectivity index (χ1) is 17.5. The second-order valence-electron chi connectivity index (χ2n) is 12.2. The van der Waals surface area contributed by atoms with Crippen molar-refractivity contribution in [2.75, 3.05) is 0 Å². The zero-order valence-electron chi connectivity index (χ0n) is 23.0. The van der Waals surface area contributed by atoms with Gasteiger partial charge in [-0.15, -0.1) is 0 Å². The van der Waals surface area contributed by atoms with Gasteiger partial charge < -0.3 is 5.11 Å². The number of phenolic OH excluding ortho intramolecular Hbond substituents is 1. The third-order valence-corrected chi connectivity index (χ3v) is 9.35. The molecule has 36 heavy (non-hydrogen) atoms. The molecule has 0 bridgehead atoms. The second kappa shape index (κ2) is 11.0. The lowest BCUT2D eigenvalue weighted by Crippen LogP contribution is -2.20. The molecule has 0 spiro atoms. The summed E-state index contributed by atoms with van der Waals surface area (Å²) in [6, 6.07) is 15.3. The van der Waals surface area contributed by atoms with Crippen LogP contribution in [0, 0.1) is 6.92 Å². The van der Waals surface area contributed by atoms with Gasteiger partial charge in [-0.25, -0.2) is 0 Å². The van der Waals surface area contributed by atoms with Crippen LogP contribution in [0.3, 0.4) is 0 Å². The lowest BCUT2D eigenvalue weighted by molar-refractivity contribution is 0.443. The summed E-state index contributed by atoms with van der Waals surface area (Å²) >= 11 is 0. The number of hydrogen-bond donors (Lipinski definition) is 1. The SMILES string of the molecule is Cc1cc(C2C3=C(CCCCCCCCCC3)C3=C2CCCC3)c(O)c(C(C)(C)c2ccccc2)c1. The van der Waals surface area contributed by atoms with E-state index in [1.54, 1.807) is 22.3 Å². The quantitative estimate of drug-likeness (QED) is 0.461. The Labute approximate surface area is 219 Å². The Kier molecular flexibility index (Phi) is 7.75. The van der Waals surface area contributed by atoms with Gasteiger partial charge in [0.15, 0.2) is 0 Å². The van der Waals surface area contributed by atoms with Gasteiger partial charge in [0.2, 0.25) is 0 Å². The number of fused-ring (bicyclic) bond motifs is 1. The fourth-order valence-corrected chi connectivity index (χ4v) is 7.34. The number of aryl methyl sites for hydroxylation is 1. The molecule has 0 saturated heterocycles. The van der Waals surface area contributed by atoms with E-state index in [1.165, 1.54) is 107 Å². The molecule has 2 aromatic rings. The predicted molar refractivity (Wildman–Crippen MR) is 153 cm³/mol. The monoisotopic (exact) mass is 482 g/mol. The second-order valence-corrected chi connectivity index (χ2v) is 12.2. The van der Waals surface area contributed by atoms with Crippen molar-refractivity contribution in [2.45, 2.75) is 122 Å². The number of rotatable bonds is 3. The zero-order valence-corrected chi connectivity index (χ0v) is 23.0. The summed E-state index contributed by atoms with van der Waals surface area (Å²) in [6.07, 6.45) is 18.5. The van der Waals surface area contributed by atoms with E-state index in [1.807, 2.05) is 0 Å². The van der Waals surface area contributed by atoms with E-state index in [9.17, 15) is 5.11 Å². The van der Waals surface area contributed by atoms with Crippen LogP contribution in [0.1, 0.15) is 132 Å². The molecule has 2 aromatic carbocycles. The number of allylic oxidation sites excluding steroid dienone is 4. The topological polar surface area (TPSA) is 20.2 Å². The van der Waals surface area contributed by atoms with E-state index in [2.05, 4.69) is 63.2 Å². The van der Waals surface area contributed by atoms with Crippen LogP contribution in [-0.2, 0) is 5.41 Å². The van der Waals surface area contributed by atoms with Crippen LogP contribution < -0.4 is 0 Å².